The highest BCUT2D eigenvalue weighted by Gasteiger charge is 2.49. The average molecular weight is 449 g/mol. The van der Waals surface area contributed by atoms with Crippen molar-refractivity contribution >= 4 is 11.8 Å². The zero-order valence-corrected chi connectivity index (χ0v) is 19.2. The topological polar surface area (TPSA) is 49.4 Å². The van der Waals surface area contributed by atoms with Crippen LogP contribution in [0.4, 0.5) is 4.39 Å². The molecule has 33 heavy (non-hydrogen) atoms. The van der Waals surface area contributed by atoms with Crippen molar-refractivity contribution in [1.82, 2.24) is 10.2 Å². The van der Waals surface area contributed by atoms with Crippen LogP contribution in [0.3, 0.4) is 0 Å². The minimum absolute atomic E-state index is 0.0844. The molecule has 2 aromatic carbocycles. The van der Waals surface area contributed by atoms with Gasteiger partial charge in [-0.1, -0.05) is 61.7 Å². The van der Waals surface area contributed by atoms with Crippen molar-refractivity contribution in [2.75, 3.05) is 19.6 Å². The van der Waals surface area contributed by atoms with Crippen molar-refractivity contribution in [1.29, 1.82) is 0 Å². The lowest BCUT2D eigenvalue weighted by molar-refractivity contribution is -0.142. The Kier molecular flexibility index (Phi) is 5.98. The number of nitrogens with zero attached hydrogens (tertiary/aromatic N) is 1. The largest absolute Gasteiger partial charge is 0.355 e. The second kappa shape index (κ2) is 8.92. The number of rotatable bonds is 3. The Labute approximate surface area is 195 Å². The minimum Gasteiger partial charge on any atom is -0.355 e. The van der Waals surface area contributed by atoms with Crippen LogP contribution in [0, 0.1) is 11.2 Å². The summed E-state index contributed by atoms with van der Waals surface area (Å²) in [5.41, 5.74) is 1.63. The second-order valence-corrected chi connectivity index (χ2v) is 10.2. The van der Waals surface area contributed by atoms with E-state index in [0.29, 0.717) is 26.1 Å². The Bertz CT molecular complexity index is 990. The quantitative estimate of drug-likeness (QED) is 0.723. The summed E-state index contributed by atoms with van der Waals surface area (Å²) in [5, 5.41) is 3.02. The lowest BCUT2D eigenvalue weighted by Gasteiger charge is -2.50. The van der Waals surface area contributed by atoms with Crippen LogP contribution in [-0.4, -0.2) is 36.3 Å². The fourth-order valence-electron chi connectivity index (χ4n) is 6.63. The number of piperidine rings is 2. The number of carbonyl (C=O) groups is 2. The van der Waals surface area contributed by atoms with E-state index < -0.39 is 5.41 Å². The van der Waals surface area contributed by atoms with Gasteiger partial charge in [0.15, 0.2) is 0 Å². The van der Waals surface area contributed by atoms with E-state index in [0.717, 1.165) is 49.7 Å². The van der Waals surface area contributed by atoms with E-state index >= 15 is 0 Å². The summed E-state index contributed by atoms with van der Waals surface area (Å²) in [6.07, 6.45) is 7.28. The molecule has 1 atom stereocenters. The monoisotopic (exact) mass is 448 g/mol. The van der Waals surface area contributed by atoms with E-state index in [4.69, 9.17) is 0 Å². The highest BCUT2D eigenvalue weighted by atomic mass is 19.1. The van der Waals surface area contributed by atoms with E-state index in [1.54, 1.807) is 0 Å². The summed E-state index contributed by atoms with van der Waals surface area (Å²) in [5.74, 6) is 0.251. The van der Waals surface area contributed by atoms with Crippen molar-refractivity contribution in [2.45, 2.75) is 62.7 Å². The zero-order valence-electron chi connectivity index (χ0n) is 19.2. The van der Waals surface area contributed by atoms with E-state index in [9.17, 15) is 14.0 Å². The minimum atomic E-state index is -0.412. The van der Waals surface area contributed by atoms with Crippen LogP contribution >= 0.6 is 0 Å². The fraction of sp³-hybridized carbons (Fsp3) is 0.500. The van der Waals surface area contributed by atoms with Crippen molar-refractivity contribution in [3.63, 3.8) is 0 Å². The van der Waals surface area contributed by atoms with Gasteiger partial charge in [0.05, 0.1) is 5.41 Å². The fourth-order valence-corrected chi connectivity index (χ4v) is 6.63. The van der Waals surface area contributed by atoms with Crippen LogP contribution in [-0.2, 0) is 15.0 Å². The first-order chi connectivity index (χ1) is 16.0. The molecule has 0 unspecified atom stereocenters. The molecule has 2 saturated heterocycles. The smallest absolute Gasteiger partial charge is 0.233 e. The van der Waals surface area contributed by atoms with E-state index in [1.807, 2.05) is 30.3 Å². The number of amides is 2. The molecule has 2 amide bonds. The standard InChI is InChI=1S/C28H33FN2O2/c29-23-11-9-21(10-12-23)24-20-30-25(32)19-27(24)15-17-31(18-16-27)26(33)28(13-5-2-6-14-28)22-7-3-1-4-8-22/h1,3-4,7-12,24H,2,5-6,13-20H2,(H,30,32)/t24-/m1/s1. The van der Waals surface area contributed by atoms with Crippen LogP contribution in [0.25, 0.3) is 0 Å². The predicted molar refractivity (Wildman–Crippen MR) is 126 cm³/mol. The number of likely N-dealkylation sites (tertiary alicyclic amines) is 1. The number of halogens is 1. The predicted octanol–water partition coefficient (Wildman–Crippen LogP) is 4.94. The molecule has 1 N–H and O–H groups in total. The van der Waals surface area contributed by atoms with E-state index in [2.05, 4.69) is 22.3 Å². The summed E-state index contributed by atoms with van der Waals surface area (Å²) >= 11 is 0. The number of nitrogens with one attached hydrogen (secondary N) is 1. The van der Waals surface area contributed by atoms with Crippen molar-refractivity contribution in [2.24, 2.45) is 5.41 Å². The molecule has 174 valence electrons. The molecule has 2 aliphatic heterocycles. The third-order valence-electron chi connectivity index (χ3n) is 8.52. The highest BCUT2D eigenvalue weighted by Crippen LogP contribution is 2.50. The van der Waals surface area contributed by atoms with Crippen molar-refractivity contribution < 1.29 is 14.0 Å². The first kappa shape index (κ1) is 22.1. The Morgan fingerprint density at radius 2 is 1.58 bits per heavy atom. The molecule has 2 aromatic rings. The van der Waals surface area contributed by atoms with Crippen LogP contribution in [0.5, 0.6) is 0 Å². The molecule has 0 bridgehead atoms. The van der Waals surface area contributed by atoms with Crippen molar-refractivity contribution in [3.05, 3.63) is 71.5 Å². The molecule has 0 aromatic heterocycles. The summed E-state index contributed by atoms with van der Waals surface area (Å²) in [6.45, 7) is 1.93. The molecular formula is C28H33FN2O2. The number of carbonyl (C=O) groups excluding carboxylic acids is 2. The lowest BCUT2D eigenvalue weighted by atomic mass is 9.62. The van der Waals surface area contributed by atoms with Gasteiger partial charge in [0.2, 0.25) is 11.8 Å². The maximum Gasteiger partial charge on any atom is 0.233 e. The summed E-state index contributed by atoms with van der Waals surface area (Å²) in [7, 11) is 0. The maximum atomic E-state index is 14.0. The van der Waals surface area contributed by atoms with Gasteiger partial charge >= 0.3 is 0 Å². The summed E-state index contributed by atoms with van der Waals surface area (Å²) in [4.78, 5) is 28.5. The second-order valence-electron chi connectivity index (χ2n) is 10.2. The third kappa shape index (κ3) is 4.07. The molecule has 0 radical (unpaired) electrons. The van der Waals surface area contributed by atoms with Crippen LogP contribution in [0.2, 0.25) is 0 Å². The summed E-state index contributed by atoms with van der Waals surface area (Å²) < 4.78 is 13.5. The highest BCUT2D eigenvalue weighted by molar-refractivity contribution is 5.88. The lowest BCUT2D eigenvalue weighted by Crippen LogP contribution is -2.56. The molecule has 1 spiro atoms. The van der Waals surface area contributed by atoms with Gasteiger partial charge in [-0.3, -0.25) is 9.59 Å². The van der Waals surface area contributed by atoms with Crippen molar-refractivity contribution in [3.8, 4) is 0 Å². The van der Waals surface area contributed by atoms with Gasteiger partial charge in [-0.05, 0) is 54.4 Å². The molecule has 2 heterocycles. The number of benzene rings is 2. The number of hydrogen-bond donors (Lipinski definition) is 1. The molecule has 4 nitrogen and oxygen atoms in total. The first-order valence-corrected chi connectivity index (χ1v) is 12.4. The Morgan fingerprint density at radius 1 is 0.909 bits per heavy atom. The molecule has 1 saturated carbocycles. The molecule has 1 aliphatic carbocycles. The van der Waals surface area contributed by atoms with Crippen LogP contribution < -0.4 is 5.32 Å². The Morgan fingerprint density at radius 3 is 2.24 bits per heavy atom. The van der Waals surface area contributed by atoms with E-state index in [-0.39, 0.29) is 29.0 Å². The average Bonchev–Trinajstić information content (AvgIpc) is 2.86. The third-order valence-corrected chi connectivity index (χ3v) is 8.52. The SMILES string of the molecule is O=C1CC2(CCN(C(=O)C3(c4ccccc4)CCCCC3)CC2)[C@@H](c2ccc(F)cc2)CN1. The molecule has 3 fully saturated rings. The van der Waals surface area contributed by atoms with Gasteiger partial charge in [-0.25, -0.2) is 4.39 Å². The Balaban J connectivity index is 1.38. The molecule has 3 aliphatic rings. The van der Waals surface area contributed by atoms with Gasteiger partial charge in [0, 0.05) is 32.0 Å². The first-order valence-electron chi connectivity index (χ1n) is 12.4. The zero-order chi connectivity index (χ0) is 22.9. The van der Waals surface area contributed by atoms with E-state index in [1.165, 1.54) is 18.6 Å². The molecule has 5 heteroatoms. The van der Waals surface area contributed by atoms with Gasteiger partial charge in [-0.2, -0.15) is 0 Å². The molecule has 5 rings (SSSR count). The number of hydrogen-bond acceptors (Lipinski definition) is 2. The van der Waals surface area contributed by atoms with Gasteiger partial charge in [0.25, 0.3) is 0 Å². The summed E-state index contributed by atoms with van der Waals surface area (Å²) in [6, 6.07) is 17.0. The normalized spacial score (nSPS) is 24.3. The maximum absolute atomic E-state index is 14.0. The van der Waals surface area contributed by atoms with Crippen LogP contribution in [0.15, 0.2) is 54.6 Å². The molecular weight excluding hydrogens is 415 g/mol. The van der Waals surface area contributed by atoms with Gasteiger partial charge in [-0.15, -0.1) is 0 Å². The Hall–Kier alpha value is -2.69. The van der Waals surface area contributed by atoms with Crippen LogP contribution in [0.1, 0.15) is 68.4 Å². The van der Waals surface area contributed by atoms with Gasteiger partial charge < -0.3 is 10.2 Å². The van der Waals surface area contributed by atoms with Gasteiger partial charge in [0.1, 0.15) is 5.82 Å².